The normalized spacial score (nSPS) is 9.93. The van der Waals surface area contributed by atoms with E-state index in [9.17, 15) is 0 Å². The van der Waals surface area contributed by atoms with Crippen LogP contribution in [0.1, 0.15) is 12.0 Å². The first kappa shape index (κ1) is 11.4. The molecular weight excluding hydrogens is 202 g/mol. The van der Waals surface area contributed by atoms with Crippen LogP contribution in [0.25, 0.3) is 0 Å². The Balaban J connectivity index is 2.69. The van der Waals surface area contributed by atoms with Gasteiger partial charge in [-0.15, -0.1) is 11.6 Å². The third kappa shape index (κ3) is 3.58. The van der Waals surface area contributed by atoms with Gasteiger partial charge in [-0.3, -0.25) is 0 Å². The summed E-state index contributed by atoms with van der Waals surface area (Å²) in [7, 11) is -1.77. The number of benzene rings is 1. The first-order valence-corrected chi connectivity index (χ1v) is 4.94. The van der Waals surface area contributed by atoms with E-state index in [-0.39, 0.29) is 0 Å². The zero-order chi connectivity index (χ0) is 10.4. The molecular formula is C9H12BClO3. The molecule has 0 amide bonds. The second-order valence-corrected chi connectivity index (χ2v) is 3.22. The van der Waals surface area contributed by atoms with Gasteiger partial charge in [-0.05, 0) is 24.5 Å². The molecule has 0 aliphatic carbocycles. The van der Waals surface area contributed by atoms with E-state index in [0.29, 0.717) is 11.6 Å². The summed E-state index contributed by atoms with van der Waals surface area (Å²) >= 11 is 5.57. The molecule has 2 N–H and O–H groups in total. The Bertz CT molecular complexity index is 281. The van der Waals surface area contributed by atoms with Gasteiger partial charge in [-0.1, -0.05) is 18.2 Å². The second-order valence-electron chi connectivity index (χ2n) is 2.84. The fourth-order valence-electron chi connectivity index (χ4n) is 1.20. The molecule has 0 aromatic heterocycles. The lowest BCUT2D eigenvalue weighted by Crippen LogP contribution is -2.21. The quantitative estimate of drug-likeness (QED) is 0.572. The Labute approximate surface area is 88.5 Å². The average molecular weight is 214 g/mol. The minimum atomic E-state index is -1.77. The predicted octanol–water partition coefficient (Wildman–Crippen LogP) is 1.21. The molecule has 1 aromatic rings. The smallest absolute Gasteiger partial charge is 0.512 e. The van der Waals surface area contributed by atoms with E-state index in [1.807, 2.05) is 12.1 Å². The van der Waals surface area contributed by atoms with Crippen LogP contribution < -0.4 is 4.65 Å². The molecule has 0 fully saturated rings. The molecule has 0 spiro atoms. The van der Waals surface area contributed by atoms with Crippen molar-refractivity contribution in [3.05, 3.63) is 29.8 Å². The average Bonchev–Trinajstić information content (AvgIpc) is 2.16. The molecule has 1 aromatic carbocycles. The maximum absolute atomic E-state index is 8.66. The molecule has 0 atom stereocenters. The maximum atomic E-state index is 8.66. The summed E-state index contributed by atoms with van der Waals surface area (Å²) in [5, 5.41) is 17.3. The van der Waals surface area contributed by atoms with Crippen LogP contribution in [0.2, 0.25) is 0 Å². The summed E-state index contributed by atoms with van der Waals surface area (Å²) in [5.41, 5.74) is 0.932. The molecule has 0 heterocycles. The van der Waals surface area contributed by atoms with Crippen molar-refractivity contribution in [2.24, 2.45) is 0 Å². The number of aryl methyl sites for hydroxylation is 1. The summed E-state index contributed by atoms with van der Waals surface area (Å²) in [6, 6.07) is 7.23. The molecule has 0 radical (unpaired) electrons. The third-order valence-electron chi connectivity index (χ3n) is 1.78. The molecule has 0 bridgehead atoms. The van der Waals surface area contributed by atoms with Crippen molar-refractivity contribution in [1.29, 1.82) is 0 Å². The van der Waals surface area contributed by atoms with Crippen LogP contribution in [-0.4, -0.2) is 23.2 Å². The highest BCUT2D eigenvalue weighted by molar-refractivity contribution is 6.33. The Morgan fingerprint density at radius 2 is 2.00 bits per heavy atom. The lowest BCUT2D eigenvalue weighted by atomic mass is 10.1. The van der Waals surface area contributed by atoms with Crippen LogP contribution >= 0.6 is 11.6 Å². The zero-order valence-corrected chi connectivity index (χ0v) is 8.44. The van der Waals surface area contributed by atoms with Crippen LogP contribution in [-0.2, 0) is 6.42 Å². The molecule has 1 rings (SSSR count). The van der Waals surface area contributed by atoms with E-state index in [1.165, 1.54) is 0 Å². The number of alkyl halides is 1. The van der Waals surface area contributed by atoms with Gasteiger partial charge in [0.2, 0.25) is 0 Å². The molecule has 3 nitrogen and oxygen atoms in total. The molecule has 0 aliphatic rings. The van der Waals surface area contributed by atoms with Crippen LogP contribution in [0.5, 0.6) is 5.75 Å². The van der Waals surface area contributed by atoms with Gasteiger partial charge in [-0.25, -0.2) is 0 Å². The molecule has 0 aliphatic heterocycles. The Kier molecular flexibility index (Phi) is 4.80. The van der Waals surface area contributed by atoms with E-state index in [4.69, 9.17) is 26.3 Å². The first-order valence-electron chi connectivity index (χ1n) is 4.40. The van der Waals surface area contributed by atoms with Crippen LogP contribution in [0.4, 0.5) is 0 Å². The zero-order valence-electron chi connectivity index (χ0n) is 7.69. The van der Waals surface area contributed by atoms with E-state index < -0.39 is 7.32 Å². The second kappa shape index (κ2) is 5.91. The van der Waals surface area contributed by atoms with Crippen molar-refractivity contribution in [3.8, 4) is 5.75 Å². The van der Waals surface area contributed by atoms with Crippen molar-refractivity contribution in [1.82, 2.24) is 0 Å². The van der Waals surface area contributed by atoms with E-state index in [1.54, 1.807) is 12.1 Å². The Morgan fingerprint density at radius 3 is 2.64 bits per heavy atom. The highest BCUT2D eigenvalue weighted by Crippen LogP contribution is 2.19. The molecule has 5 heteroatoms. The fourth-order valence-corrected chi connectivity index (χ4v) is 1.33. The molecule has 0 unspecified atom stereocenters. The summed E-state index contributed by atoms with van der Waals surface area (Å²) in [5.74, 6) is 1.07. The largest absolute Gasteiger partial charge is 0.707 e. The highest BCUT2D eigenvalue weighted by atomic mass is 35.5. The first-order chi connectivity index (χ1) is 6.74. The van der Waals surface area contributed by atoms with Crippen molar-refractivity contribution in [3.63, 3.8) is 0 Å². The minimum Gasteiger partial charge on any atom is -0.512 e. The predicted molar refractivity (Wildman–Crippen MR) is 56.3 cm³/mol. The topological polar surface area (TPSA) is 49.7 Å². The van der Waals surface area contributed by atoms with Gasteiger partial charge in [0.15, 0.2) is 0 Å². The molecule has 14 heavy (non-hydrogen) atoms. The fraction of sp³-hybridized carbons (Fsp3) is 0.333. The molecule has 76 valence electrons. The van der Waals surface area contributed by atoms with Gasteiger partial charge in [0.25, 0.3) is 0 Å². The monoisotopic (exact) mass is 214 g/mol. The van der Waals surface area contributed by atoms with Gasteiger partial charge in [0.1, 0.15) is 5.75 Å². The summed E-state index contributed by atoms with van der Waals surface area (Å²) in [4.78, 5) is 0. The third-order valence-corrected chi connectivity index (χ3v) is 2.05. The Hall–Kier alpha value is -0.705. The van der Waals surface area contributed by atoms with Crippen molar-refractivity contribution >= 4 is 18.9 Å². The number of hydrogen-bond donors (Lipinski definition) is 2. The van der Waals surface area contributed by atoms with E-state index in [2.05, 4.69) is 0 Å². The van der Waals surface area contributed by atoms with Crippen molar-refractivity contribution in [2.45, 2.75) is 12.8 Å². The number of para-hydroxylation sites is 1. The lowest BCUT2D eigenvalue weighted by Gasteiger charge is -2.09. The number of halogens is 1. The SMILES string of the molecule is OB(O)Oc1ccccc1CCCCl. The number of rotatable bonds is 5. The lowest BCUT2D eigenvalue weighted by molar-refractivity contribution is 0.287. The molecule has 0 saturated heterocycles. The van der Waals surface area contributed by atoms with Crippen molar-refractivity contribution < 1.29 is 14.7 Å². The van der Waals surface area contributed by atoms with Gasteiger partial charge in [0, 0.05) is 5.88 Å². The van der Waals surface area contributed by atoms with Crippen molar-refractivity contribution in [2.75, 3.05) is 5.88 Å². The molecule has 0 saturated carbocycles. The van der Waals surface area contributed by atoms with E-state index in [0.717, 1.165) is 18.4 Å². The maximum Gasteiger partial charge on any atom is 0.707 e. The van der Waals surface area contributed by atoms with Gasteiger partial charge in [0.05, 0.1) is 0 Å². The Morgan fingerprint density at radius 1 is 1.29 bits per heavy atom. The standard InChI is InChI=1S/C9H12BClO3/c11-7-3-5-8-4-1-2-6-9(8)14-10(12)13/h1-2,4,6,12-13H,3,5,7H2. The summed E-state index contributed by atoms with van der Waals surface area (Å²) < 4.78 is 4.81. The van der Waals surface area contributed by atoms with Gasteiger partial charge >= 0.3 is 7.32 Å². The minimum absolute atomic E-state index is 0.493. The highest BCUT2D eigenvalue weighted by Gasteiger charge is 2.13. The van der Waals surface area contributed by atoms with Crippen LogP contribution in [0.3, 0.4) is 0 Å². The van der Waals surface area contributed by atoms with Gasteiger partial charge < -0.3 is 14.7 Å². The summed E-state index contributed by atoms with van der Waals surface area (Å²) in [6.07, 6.45) is 1.61. The van der Waals surface area contributed by atoms with Crippen LogP contribution in [0.15, 0.2) is 24.3 Å². The number of hydrogen-bond acceptors (Lipinski definition) is 3. The van der Waals surface area contributed by atoms with Gasteiger partial charge in [-0.2, -0.15) is 0 Å². The van der Waals surface area contributed by atoms with E-state index >= 15 is 0 Å². The van der Waals surface area contributed by atoms with Crippen LogP contribution in [0, 0.1) is 0 Å². The summed E-state index contributed by atoms with van der Waals surface area (Å²) in [6.45, 7) is 0.